The molecule has 2 heteroatoms. The van der Waals surface area contributed by atoms with Gasteiger partial charge in [0.15, 0.2) is 0 Å². The van der Waals surface area contributed by atoms with Gasteiger partial charge in [-0.1, -0.05) is 35.0 Å². The molecule has 0 aliphatic heterocycles. The average Bonchev–Trinajstić information content (AvgIpc) is 2.20. The maximum Gasteiger partial charge on any atom is 0.0233 e. The topological polar surface area (TPSA) is 3.24 Å². The van der Waals surface area contributed by atoms with Crippen LogP contribution in [-0.4, -0.2) is 18.0 Å². The lowest BCUT2D eigenvalue weighted by molar-refractivity contribution is 0.244. The number of hydrogen-bond donors (Lipinski definition) is 0. The van der Waals surface area contributed by atoms with Crippen molar-refractivity contribution in [3.63, 3.8) is 0 Å². The predicted octanol–water partition coefficient (Wildman–Crippen LogP) is 3.68. The first kappa shape index (κ1) is 11.7. The Labute approximate surface area is 95.2 Å². The molecule has 1 nitrogen and oxygen atoms in total. The first-order chi connectivity index (χ1) is 6.63. The van der Waals surface area contributed by atoms with Crippen LogP contribution >= 0.6 is 15.9 Å². The van der Waals surface area contributed by atoms with Crippen LogP contribution in [0.1, 0.15) is 25.8 Å². The van der Waals surface area contributed by atoms with E-state index in [-0.39, 0.29) is 0 Å². The fraction of sp³-hybridized carbons (Fsp3) is 0.500. The number of rotatable bonds is 4. The van der Waals surface area contributed by atoms with Crippen LogP contribution in [0.2, 0.25) is 0 Å². The smallest absolute Gasteiger partial charge is 0.0233 e. The van der Waals surface area contributed by atoms with Gasteiger partial charge in [0, 0.05) is 17.1 Å². The monoisotopic (exact) mass is 255 g/mol. The summed E-state index contributed by atoms with van der Waals surface area (Å²) in [5, 5.41) is 0. The lowest BCUT2D eigenvalue weighted by Gasteiger charge is -2.23. The van der Waals surface area contributed by atoms with E-state index in [4.69, 9.17) is 0 Å². The fourth-order valence-electron chi connectivity index (χ4n) is 1.35. The molecule has 0 spiro atoms. The summed E-state index contributed by atoms with van der Waals surface area (Å²) in [5.74, 6) is 0. The third-order valence-electron chi connectivity index (χ3n) is 2.69. The van der Waals surface area contributed by atoms with Gasteiger partial charge in [-0.3, -0.25) is 4.90 Å². The molecule has 0 N–H and O–H groups in total. The number of hydrogen-bond acceptors (Lipinski definition) is 1. The summed E-state index contributed by atoms with van der Waals surface area (Å²) in [6.07, 6.45) is 1.20. The second-order valence-corrected chi connectivity index (χ2v) is 4.71. The molecule has 1 rings (SSSR count). The van der Waals surface area contributed by atoms with Gasteiger partial charge in [0.2, 0.25) is 0 Å². The highest BCUT2D eigenvalue weighted by molar-refractivity contribution is 9.10. The zero-order chi connectivity index (χ0) is 10.6. The zero-order valence-electron chi connectivity index (χ0n) is 9.13. The Morgan fingerprint density at radius 2 is 1.86 bits per heavy atom. The van der Waals surface area contributed by atoms with Crippen molar-refractivity contribution < 1.29 is 0 Å². The molecule has 0 saturated carbocycles. The second-order valence-electron chi connectivity index (χ2n) is 3.80. The van der Waals surface area contributed by atoms with Gasteiger partial charge in [-0.05, 0) is 38.1 Å². The summed E-state index contributed by atoms with van der Waals surface area (Å²) in [7, 11) is 2.18. The molecule has 0 aliphatic rings. The summed E-state index contributed by atoms with van der Waals surface area (Å²) in [6.45, 7) is 5.52. The Bertz CT molecular complexity index is 268. The molecular formula is C12H18BrN. The Morgan fingerprint density at radius 3 is 2.36 bits per heavy atom. The molecule has 1 atom stereocenters. The molecule has 14 heavy (non-hydrogen) atoms. The Hall–Kier alpha value is -0.340. The van der Waals surface area contributed by atoms with Gasteiger partial charge in [0.05, 0.1) is 0 Å². The van der Waals surface area contributed by atoms with Crippen LogP contribution in [0.25, 0.3) is 0 Å². The van der Waals surface area contributed by atoms with Crippen molar-refractivity contribution >= 4 is 15.9 Å². The number of halogens is 1. The highest BCUT2D eigenvalue weighted by atomic mass is 79.9. The predicted molar refractivity (Wildman–Crippen MR) is 65.4 cm³/mol. The van der Waals surface area contributed by atoms with Gasteiger partial charge in [-0.2, -0.15) is 0 Å². The van der Waals surface area contributed by atoms with Crippen molar-refractivity contribution in [2.24, 2.45) is 0 Å². The molecule has 78 valence electrons. The van der Waals surface area contributed by atoms with E-state index in [2.05, 4.69) is 66.0 Å². The van der Waals surface area contributed by atoms with Crippen LogP contribution in [0.4, 0.5) is 0 Å². The normalized spacial score (nSPS) is 13.2. The lowest BCUT2D eigenvalue weighted by Crippen LogP contribution is -2.27. The molecule has 0 fully saturated rings. The van der Waals surface area contributed by atoms with Crippen molar-refractivity contribution in [3.8, 4) is 0 Å². The van der Waals surface area contributed by atoms with Gasteiger partial charge >= 0.3 is 0 Å². The van der Waals surface area contributed by atoms with E-state index in [9.17, 15) is 0 Å². The van der Waals surface area contributed by atoms with E-state index in [1.165, 1.54) is 12.0 Å². The molecular weight excluding hydrogens is 238 g/mol. The summed E-state index contributed by atoms with van der Waals surface area (Å²) in [6, 6.07) is 9.18. The first-order valence-corrected chi connectivity index (χ1v) is 5.87. The highest BCUT2D eigenvalue weighted by Crippen LogP contribution is 2.13. The maximum absolute atomic E-state index is 3.44. The maximum atomic E-state index is 3.44. The molecule has 1 aromatic carbocycles. The third kappa shape index (κ3) is 3.43. The van der Waals surface area contributed by atoms with Crippen molar-refractivity contribution in [1.82, 2.24) is 4.90 Å². The van der Waals surface area contributed by atoms with Crippen molar-refractivity contribution in [1.29, 1.82) is 0 Å². The average molecular weight is 256 g/mol. The van der Waals surface area contributed by atoms with E-state index >= 15 is 0 Å². The van der Waals surface area contributed by atoms with Crippen LogP contribution in [0, 0.1) is 0 Å². The van der Waals surface area contributed by atoms with E-state index in [1.54, 1.807) is 0 Å². The van der Waals surface area contributed by atoms with Gasteiger partial charge in [-0.25, -0.2) is 0 Å². The second kappa shape index (κ2) is 5.52. The van der Waals surface area contributed by atoms with E-state index in [0.29, 0.717) is 6.04 Å². The molecule has 0 aliphatic carbocycles. The largest absolute Gasteiger partial charge is 0.299 e. The van der Waals surface area contributed by atoms with Gasteiger partial charge in [-0.15, -0.1) is 0 Å². The first-order valence-electron chi connectivity index (χ1n) is 5.08. The quantitative estimate of drug-likeness (QED) is 0.794. The fourth-order valence-corrected chi connectivity index (χ4v) is 1.61. The standard InChI is InChI=1S/C12H18BrN/c1-4-10(2)14(3)9-11-5-7-12(13)8-6-11/h5-8,10H,4,9H2,1-3H3. The summed E-state index contributed by atoms with van der Waals surface area (Å²) < 4.78 is 1.15. The van der Waals surface area contributed by atoms with Crippen LogP contribution in [0.15, 0.2) is 28.7 Å². The van der Waals surface area contributed by atoms with Gasteiger partial charge in [0.1, 0.15) is 0 Å². The number of benzene rings is 1. The van der Waals surface area contributed by atoms with Crippen molar-refractivity contribution in [2.75, 3.05) is 7.05 Å². The van der Waals surface area contributed by atoms with E-state index < -0.39 is 0 Å². The van der Waals surface area contributed by atoms with Crippen molar-refractivity contribution in [3.05, 3.63) is 34.3 Å². The Morgan fingerprint density at radius 1 is 1.29 bits per heavy atom. The summed E-state index contributed by atoms with van der Waals surface area (Å²) >= 11 is 3.44. The molecule has 0 heterocycles. The van der Waals surface area contributed by atoms with Gasteiger partial charge in [0.25, 0.3) is 0 Å². The Balaban J connectivity index is 2.56. The van der Waals surface area contributed by atoms with E-state index in [1.807, 2.05) is 0 Å². The highest BCUT2D eigenvalue weighted by Gasteiger charge is 2.06. The lowest BCUT2D eigenvalue weighted by atomic mass is 10.2. The van der Waals surface area contributed by atoms with Crippen LogP contribution in [-0.2, 0) is 6.54 Å². The van der Waals surface area contributed by atoms with E-state index in [0.717, 1.165) is 11.0 Å². The minimum Gasteiger partial charge on any atom is -0.299 e. The summed E-state index contributed by atoms with van der Waals surface area (Å²) in [4.78, 5) is 2.38. The zero-order valence-corrected chi connectivity index (χ0v) is 10.7. The van der Waals surface area contributed by atoms with Crippen LogP contribution < -0.4 is 0 Å². The molecule has 0 amide bonds. The third-order valence-corrected chi connectivity index (χ3v) is 3.22. The molecule has 0 aromatic heterocycles. The van der Waals surface area contributed by atoms with Crippen molar-refractivity contribution in [2.45, 2.75) is 32.9 Å². The minimum atomic E-state index is 0.652. The van der Waals surface area contributed by atoms with Crippen LogP contribution in [0.3, 0.4) is 0 Å². The summed E-state index contributed by atoms with van der Waals surface area (Å²) in [5.41, 5.74) is 1.37. The SMILES string of the molecule is CCC(C)N(C)Cc1ccc(Br)cc1. The number of nitrogens with zero attached hydrogens (tertiary/aromatic N) is 1. The molecule has 1 unspecified atom stereocenters. The molecule has 0 bridgehead atoms. The molecule has 0 radical (unpaired) electrons. The molecule has 0 saturated heterocycles. The van der Waals surface area contributed by atoms with Crippen LogP contribution in [0.5, 0.6) is 0 Å². The minimum absolute atomic E-state index is 0.652. The Kier molecular flexibility index (Phi) is 4.63. The van der Waals surface area contributed by atoms with Gasteiger partial charge < -0.3 is 0 Å². The molecule has 1 aromatic rings.